The van der Waals surface area contributed by atoms with Crippen LogP contribution in [0.1, 0.15) is 18.9 Å². The second-order valence-electron chi connectivity index (χ2n) is 7.08. The molecule has 0 aliphatic heterocycles. The van der Waals surface area contributed by atoms with Gasteiger partial charge in [0, 0.05) is 13.6 Å². The van der Waals surface area contributed by atoms with Gasteiger partial charge in [-0.15, -0.1) is 0 Å². The molecule has 2 aromatic rings. The zero-order valence-electron chi connectivity index (χ0n) is 17.8. The Bertz CT molecular complexity index is 907. The Labute approximate surface area is 179 Å². The van der Waals surface area contributed by atoms with Crippen LogP contribution in [0, 0.1) is 17.5 Å². The van der Waals surface area contributed by atoms with E-state index in [-0.39, 0.29) is 19.0 Å². The zero-order valence-corrected chi connectivity index (χ0v) is 17.8. The summed E-state index contributed by atoms with van der Waals surface area (Å²) in [5.41, 5.74) is 0.466. The normalized spacial score (nSPS) is 10.8. The number of rotatable bonds is 10. The van der Waals surface area contributed by atoms with Gasteiger partial charge in [0.05, 0.1) is 25.9 Å². The smallest absolute Gasteiger partial charge is 0.238 e. The number of nitrogens with zero attached hydrogens (tertiary/aromatic N) is 2. The number of likely N-dealkylation sites (N-methyl/N-ethyl adjacent to an activating group) is 1. The van der Waals surface area contributed by atoms with E-state index in [2.05, 4.69) is 5.32 Å². The molecule has 0 radical (unpaired) electrons. The Balaban J connectivity index is 1.95. The van der Waals surface area contributed by atoms with Crippen molar-refractivity contribution in [3.63, 3.8) is 0 Å². The monoisotopic (exact) mass is 437 g/mol. The van der Waals surface area contributed by atoms with E-state index in [1.165, 1.54) is 4.90 Å². The third-order valence-corrected chi connectivity index (χ3v) is 4.58. The zero-order chi connectivity index (χ0) is 23.0. The molecule has 31 heavy (non-hydrogen) atoms. The lowest BCUT2D eigenvalue weighted by molar-refractivity contribution is -0.132. The van der Waals surface area contributed by atoms with Crippen LogP contribution in [0.5, 0.6) is 5.75 Å². The minimum atomic E-state index is -1.65. The van der Waals surface area contributed by atoms with Gasteiger partial charge >= 0.3 is 0 Å². The van der Waals surface area contributed by atoms with Crippen LogP contribution < -0.4 is 10.1 Å². The van der Waals surface area contributed by atoms with Gasteiger partial charge in [0.2, 0.25) is 11.8 Å². The average molecular weight is 437 g/mol. The summed E-state index contributed by atoms with van der Waals surface area (Å²) in [5.74, 6) is -4.58. The molecular weight excluding hydrogens is 411 g/mol. The highest BCUT2D eigenvalue weighted by molar-refractivity contribution is 5.92. The third-order valence-electron chi connectivity index (χ3n) is 4.58. The molecule has 168 valence electrons. The van der Waals surface area contributed by atoms with E-state index in [0.29, 0.717) is 19.5 Å². The lowest BCUT2D eigenvalue weighted by Crippen LogP contribution is -2.42. The molecule has 2 aromatic carbocycles. The standard InChI is InChI=1S/C22H26F3N3O3/c1-4-11-28(13-19(29)26-18-10-9-17(23)21(24)22(18)25)14-20(30)27(2)12-15-5-7-16(31-3)8-6-15/h5-10H,4,11-14H2,1-3H3,(H,26,29). The first-order valence-corrected chi connectivity index (χ1v) is 9.77. The van der Waals surface area contributed by atoms with E-state index >= 15 is 0 Å². The Kier molecular flexibility index (Phi) is 8.87. The molecule has 0 atom stereocenters. The topological polar surface area (TPSA) is 61.9 Å². The van der Waals surface area contributed by atoms with Gasteiger partial charge in [-0.3, -0.25) is 14.5 Å². The highest BCUT2D eigenvalue weighted by Gasteiger charge is 2.19. The largest absolute Gasteiger partial charge is 0.497 e. The average Bonchev–Trinajstić information content (AvgIpc) is 2.74. The second kappa shape index (κ2) is 11.4. The number of carbonyl (C=O) groups excluding carboxylic acids is 2. The lowest BCUT2D eigenvalue weighted by Gasteiger charge is -2.24. The van der Waals surface area contributed by atoms with E-state index in [4.69, 9.17) is 4.74 Å². The fourth-order valence-corrected chi connectivity index (χ4v) is 2.95. The summed E-state index contributed by atoms with van der Waals surface area (Å²) in [7, 11) is 3.23. The molecule has 0 spiro atoms. The number of ether oxygens (including phenoxy) is 1. The first kappa shape index (κ1) is 24.2. The predicted molar refractivity (Wildman–Crippen MR) is 111 cm³/mol. The van der Waals surface area contributed by atoms with E-state index in [9.17, 15) is 22.8 Å². The summed E-state index contributed by atoms with van der Waals surface area (Å²) in [4.78, 5) is 28.0. The van der Waals surface area contributed by atoms with Crippen molar-refractivity contribution in [2.24, 2.45) is 0 Å². The minimum absolute atomic E-state index is 0.0197. The highest BCUT2D eigenvalue weighted by atomic mass is 19.2. The van der Waals surface area contributed by atoms with Crippen molar-refractivity contribution in [3.8, 4) is 5.75 Å². The number of hydrogen-bond acceptors (Lipinski definition) is 4. The van der Waals surface area contributed by atoms with E-state index in [1.54, 1.807) is 31.2 Å². The van der Waals surface area contributed by atoms with E-state index in [1.807, 2.05) is 19.1 Å². The molecule has 0 fully saturated rings. The molecule has 6 nitrogen and oxygen atoms in total. The lowest BCUT2D eigenvalue weighted by atomic mass is 10.2. The van der Waals surface area contributed by atoms with Crippen LogP contribution in [-0.2, 0) is 16.1 Å². The molecule has 2 rings (SSSR count). The number of hydrogen-bond donors (Lipinski definition) is 1. The maximum absolute atomic E-state index is 13.8. The number of methoxy groups -OCH3 is 1. The summed E-state index contributed by atoms with van der Waals surface area (Å²) < 4.78 is 45.3. The molecular formula is C22H26F3N3O3. The van der Waals surface area contributed by atoms with Gasteiger partial charge in [0.15, 0.2) is 17.5 Å². The SMILES string of the molecule is CCCN(CC(=O)Nc1ccc(F)c(F)c1F)CC(=O)N(C)Cc1ccc(OC)cc1. The molecule has 1 N–H and O–H groups in total. The molecule has 0 bridgehead atoms. The maximum atomic E-state index is 13.8. The number of anilines is 1. The Morgan fingerprint density at radius 1 is 1.00 bits per heavy atom. The molecule has 0 saturated heterocycles. The van der Waals surface area contributed by atoms with E-state index < -0.39 is 29.0 Å². The second-order valence-corrected chi connectivity index (χ2v) is 7.08. The number of benzene rings is 2. The molecule has 0 aliphatic rings. The van der Waals surface area contributed by atoms with Gasteiger partial charge < -0.3 is 15.0 Å². The van der Waals surface area contributed by atoms with Crippen LogP contribution in [0.2, 0.25) is 0 Å². The first-order chi connectivity index (χ1) is 14.7. The molecule has 0 unspecified atom stereocenters. The van der Waals surface area contributed by atoms with Crippen molar-refractivity contribution in [3.05, 3.63) is 59.4 Å². The molecule has 0 aliphatic carbocycles. The molecule has 0 saturated carbocycles. The van der Waals surface area contributed by atoms with Gasteiger partial charge in [-0.25, -0.2) is 13.2 Å². The molecule has 0 heterocycles. The fraction of sp³-hybridized carbons (Fsp3) is 0.364. The minimum Gasteiger partial charge on any atom is -0.497 e. The molecule has 9 heteroatoms. The van der Waals surface area contributed by atoms with Crippen molar-refractivity contribution in [2.75, 3.05) is 39.1 Å². The van der Waals surface area contributed by atoms with Crippen LogP contribution in [0.15, 0.2) is 36.4 Å². The number of amides is 2. The van der Waals surface area contributed by atoms with Crippen molar-refractivity contribution in [2.45, 2.75) is 19.9 Å². The van der Waals surface area contributed by atoms with Gasteiger partial charge in [0.1, 0.15) is 5.75 Å². The maximum Gasteiger partial charge on any atom is 0.238 e. The van der Waals surface area contributed by atoms with E-state index in [0.717, 1.165) is 23.4 Å². The predicted octanol–water partition coefficient (Wildman–Crippen LogP) is 3.42. The summed E-state index contributed by atoms with van der Waals surface area (Å²) >= 11 is 0. The summed E-state index contributed by atoms with van der Waals surface area (Å²) in [6.07, 6.45) is 0.683. The van der Waals surface area contributed by atoms with Gasteiger partial charge in [-0.05, 0) is 42.8 Å². The summed E-state index contributed by atoms with van der Waals surface area (Å²) in [6.45, 7) is 2.51. The molecule has 2 amide bonds. The summed E-state index contributed by atoms with van der Waals surface area (Å²) in [6, 6.07) is 9.00. The quantitative estimate of drug-likeness (QED) is 0.579. The Hall–Kier alpha value is -3.07. The number of nitrogens with one attached hydrogen (secondary N) is 1. The third kappa shape index (κ3) is 6.99. The van der Waals surface area contributed by atoms with Crippen molar-refractivity contribution in [1.82, 2.24) is 9.80 Å². The van der Waals surface area contributed by atoms with Crippen molar-refractivity contribution in [1.29, 1.82) is 0 Å². The van der Waals surface area contributed by atoms with Gasteiger partial charge in [-0.1, -0.05) is 19.1 Å². The summed E-state index contributed by atoms with van der Waals surface area (Å²) in [5, 5.41) is 2.22. The number of carbonyl (C=O) groups is 2. The van der Waals surface area contributed by atoms with Crippen molar-refractivity contribution >= 4 is 17.5 Å². The Morgan fingerprint density at radius 3 is 2.29 bits per heavy atom. The Morgan fingerprint density at radius 2 is 1.68 bits per heavy atom. The van der Waals surface area contributed by atoms with Gasteiger partial charge in [-0.2, -0.15) is 0 Å². The number of halogens is 3. The van der Waals surface area contributed by atoms with Crippen molar-refractivity contribution < 1.29 is 27.5 Å². The van der Waals surface area contributed by atoms with Crippen LogP contribution >= 0.6 is 0 Å². The van der Waals surface area contributed by atoms with Crippen LogP contribution in [-0.4, -0.2) is 55.4 Å². The highest BCUT2D eigenvalue weighted by Crippen LogP contribution is 2.19. The fourth-order valence-electron chi connectivity index (χ4n) is 2.95. The van der Waals surface area contributed by atoms with Crippen LogP contribution in [0.25, 0.3) is 0 Å². The van der Waals surface area contributed by atoms with Crippen LogP contribution in [0.4, 0.5) is 18.9 Å². The van der Waals surface area contributed by atoms with Crippen LogP contribution in [0.3, 0.4) is 0 Å². The van der Waals surface area contributed by atoms with Gasteiger partial charge in [0.25, 0.3) is 0 Å². The first-order valence-electron chi connectivity index (χ1n) is 9.77. The molecule has 0 aromatic heterocycles.